The first-order chi connectivity index (χ1) is 12.6. The molecule has 0 aromatic heterocycles. The van der Waals surface area contributed by atoms with Gasteiger partial charge in [-0.3, -0.25) is 14.6 Å². The lowest BCUT2D eigenvalue weighted by atomic mass is 10.1. The van der Waals surface area contributed by atoms with Crippen molar-refractivity contribution in [3.8, 4) is 0 Å². The molecule has 0 unspecified atom stereocenters. The minimum Gasteiger partial charge on any atom is -0.380 e. The SMILES string of the molecule is C=N[C@@H]1CCN(C(=O)[C@H](O)[C@@H](O)C(=O)NCc2ccc(C(C)(F)F)cc2)C1. The number of carbonyl (C=O) groups is 2. The summed E-state index contributed by atoms with van der Waals surface area (Å²) in [5.41, 5.74) is 0.375. The normalized spacial score (nSPS) is 19.4. The minimum absolute atomic E-state index is 0.0431. The third kappa shape index (κ3) is 5.30. The molecule has 3 atom stereocenters. The van der Waals surface area contributed by atoms with E-state index in [1.165, 1.54) is 29.2 Å². The van der Waals surface area contributed by atoms with Crippen molar-refractivity contribution in [2.45, 2.75) is 44.1 Å². The first-order valence-corrected chi connectivity index (χ1v) is 8.49. The summed E-state index contributed by atoms with van der Waals surface area (Å²) in [6.07, 6.45) is -3.22. The second-order valence-electron chi connectivity index (χ2n) is 6.60. The van der Waals surface area contributed by atoms with Crippen molar-refractivity contribution in [3.63, 3.8) is 0 Å². The highest BCUT2D eigenvalue weighted by Gasteiger charge is 2.36. The molecule has 0 bridgehead atoms. The summed E-state index contributed by atoms with van der Waals surface area (Å²) in [6.45, 7) is 4.80. The summed E-state index contributed by atoms with van der Waals surface area (Å²) in [7, 11) is 0. The number of hydrogen-bond acceptors (Lipinski definition) is 5. The van der Waals surface area contributed by atoms with E-state index >= 15 is 0 Å². The van der Waals surface area contributed by atoms with Crippen molar-refractivity contribution in [2.24, 2.45) is 4.99 Å². The molecular formula is C18H23F2N3O4. The van der Waals surface area contributed by atoms with Crippen LogP contribution in [0.3, 0.4) is 0 Å². The first-order valence-electron chi connectivity index (χ1n) is 8.49. The summed E-state index contributed by atoms with van der Waals surface area (Å²) in [5, 5.41) is 22.3. The highest BCUT2D eigenvalue weighted by atomic mass is 19.3. The monoisotopic (exact) mass is 383 g/mol. The molecule has 0 saturated carbocycles. The van der Waals surface area contributed by atoms with Crippen LogP contribution in [0.5, 0.6) is 0 Å². The maximum Gasteiger partial charge on any atom is 0.270 e. The van der Waals surface area contributed by atoms with Crippen molar-refractivity contribution < 1.29 is 28.6 Å². The number of hydrogen-bond donors (Lipinski definition) is 3. The fourth-order valence-corrected chi connectivity index (χ4v) is 2.77. The van der Waals surface area contributed by atoms with E-state index in [-0.39, 0.29) is 24.7 Å². The number of nitrogens with zero attached hydrogens (tertiary/aromatic N) is 2. The Morgan fingerprint density at radius 1 is 1.33 bits per heavy atom. The highest BCUT2D eigenvalue weighted by Crippen LogP contribution is 2.26. The lowest BCUT2D eigenvalue weighted by Gasteiger charge is -2.22. The van der Waals surface area contributed by atoms with Crippen LogP contribution in [0.4, 0.5) is 8.78 Å². The third-order valence-electron chi connectivity index (χ3n) is 4.48. The Hall–Kier alpha value is -2.39. The van der Waals surface area contributed by atoms with Crippen LogP contribution in [-0.2, 0) is 22.1 Å². The number of aliphatic hydroxyl groups is 2. The van der Waals surface area contributed by atoms with Crippen LogP contribution in [0.25, 0.3) is 0 Å². The van der Waals surface area contributed by atoms with Crippen molar-refractivity contribution >= 4 is 18.5 Å². The molecule has 1 aliphatic heterocycles. The number of aliphatic imine (C=N–C) groups is 1. The minimum atomic E-state index is -2.96. The van der Waals surface area contributed by atoms with E-state index in [1.54, 1.807) is 0 Å². The summed E-state index contributed by atoms with van der Waals surface area (Å²) in [6, 6.07) is 5.22. The molecular weight excluding hydrogens is 360 g/mol. The van der Waals surface area contributed by atoms with Gasteiger partial charge in [-0.1, -0.05) is 24.3 Å². The number of halogens is 2. The molecule has 9 heteroatoms. The van der Waals surface area contributed by atoms with E-state index < -0.39 is 29.9 Å². The Morgan fingerprint density at radius 3 is 2.48 bits per heavy atom. The van der Waals surface area contributed by atoms with Gasteiger partial charge in [-0.2, -0.15) is 0 Å². The molecule has 1 aromatic rings. The third-order valence-corrected chi connectivity index (χ3v) is 4.48. The van der Waals surface area contributed by atoms with E-state index in [4.69, 9.17) is 0 Å². The molecule has 1 aliphatic rings. The van der Waals surface area contributed by atoms with Crippen LogP contribution in [0, 0.1) is 0 Å². The molecule has 1 fully saturated rings. The largest absolute Gasteiger partial charge is 0.380 e. The molecule has 3 N–H and O–H groups in total. The molecule has 1 aromatic carbocycles. The smallest absolute Gasteiger partial charge is 0.270 e. The second-order valence-corrected chi connectivity index (χ2v) is 6.60. The Morgan fingerprint density at radius 2 is 1.96 bits per heavy atom. The van der Waals surface area contributed by atoms with E-state index in [0.717, 1.165) is 6.92 Å². The molecule has 1 heterocycles. The fraction of sp³-hybridized carbons (Fsp3) is 0.500. The highest BCUT2D eigenvalue weighted by molar-refractivity contribution is 5.90. The van der Waals surface area contributed by atoms with E-state index in [1.807, 2.05) is 0 Å². The summed E-state index contributed by atoms with van der Waals surface area (Å²) in [5.74, 6) is -4.64. The van der Waals surface area contributed by atoms with Gasteiger partial charge in [0.2, 0.25) is 0 Å². The second kappa shape index (κ2) is 8.53. The topological polar surface area (TPSA) is 102 Å². The zero-order chi connectivity index (χ0) is 20.2. The van der Waals surface area contributed by atoms with Crippen LogP contribution >= 0.6 is 0 Å². The molecule has 0 spiro atoms. The first kappa shape index (κ1) is 20.9. The Balaban J connectivity index is 1.87. The van der Waals surface area contributed by atoms with Gasteiger partial charge in [-0.05, 0) is 18.7 Å². The molecule has 2 amide bonds. The van der Waals surface area contributed by atoms with E-state index in [0.29, 0.717) is 18.5 Å². The van der Waals surface area contributed by atoms with Crippen molar-refractivity contribution in [2.75, 3.05) is 13.1 Å². The van der Waals surface area contributed by atoms with Crippen LogP contribution < -0.4 is 5.32 Å². The van der Waals surface area contributed by atoms with Gasteiger partial charge in [0, 0.05) is 32.1 Å². The Bertz CT molecular complexity index is 691. The molecule has 1 saturated heterocycles. The number of rotatable bonds is 7. The molecule has 0 radical (unpaired) electrons. The van der Waals surface area contributed by atoms with Gasteiger partial charge < -0.3 is 20.4 Å². The molecule has 148 valence electrons. The summed E-state index contributed by atoms with van der Waals surface area (Å²) >= 11 is 0. The summed E-state index contributed by atoms with van der Waals surface area (Å²) < 4.78 is 26.3. The Kier molecular flexibility index (Phi) is 6.61. The number of benzene rings is 1. The molecule has 2 rings (SSSR count). The standard InChI is InChI=1S/C18H23F2N3O4/c1-18(19,20)12-5-3-11(4-6-12)9-22-16(26)14(24)15(25)17(27)23-8-7-13(10-23)21-2/h3-6,13-15,24-25H,2,7-10H2,1H3,(H,22,26)/t13-,14-,15-/m1/s1. The van der Waals surface area contributed by atoms with Gasteiger partial charge in [0.05, 0.1) is 6.04 Å². The number of likely N-dealkylation sites (tertiary alicyclic amines) is 1. The quantitative estimate of drug-likeness (QED) is 0.595. The van der Waals surface area contributed by atoms with Gasteiger partial charge in [0.1, 0.15) is 0 Å². The van der Waals surface area contributed by atoms with E-state index in [2.05, 4.69) is 17.0 Å². The predicted octanol–water partition coefficient (Wildman–Crippen LogP) is 0.438. The van der Waals surface area contributed by atoms with Crippen molar-refractivity contribution in [1.82, 2.24) is 10.2 Å². The van der Waals surface area contributed by atoms with Gasteiger partial charge >= 0.3 is 0 Å². The van der Waals surface area contributed by atoms with Crippen LogP contribution in [0.2, 0.25) is 0 Å². The fourth-order valence-electron chi connectivity index (χ4n) is 2.77. The van der Waals surface area contributed by atoms with E-state index in [9.17, 15) is 28.6 Å². The molecule has 27 heavy (non-hydrogen) atoms. The average molecular weight is 383 g/mol. The number of aliphatic hydroxyl groups excluding tert-OH is 2. The van der Waals surface area contributed by atoms with Crippen LogP contribution in [0.1, 0.15) is 24.5 Å². The lowest BCUT2D eigenvalue weighted by Crippen LogP contribution is -2.50. The van der Waals surface area contributed by atoms with Gasteiger partial charge in [0.25, 0.3) is 17.7 Å². The number of amides is 2. The van der Waals surface area contributed by atoms with Crippen LogP contribution in [-0.4, -0.2) is 65.0 Å². The zero-order valence-electron chi connectivity index (χ0n) is 14.9. The van der Waals surface area contributed by atoms with Crippen molar-refractivity contribution in [1.29, 1.82) is 0 Å². The summed E-state index contributed by atoms with van der Waals surface area (Å²) in [4.78, 5) is 29.3. The molecule has 0 aliphatic carbocycles. The number of nitrogens with one attached hydrogen (secondary N) is 1. The van der Waals surface area contributed by atoms with Crippen molar-refractivity contribution in [3.05, 3.63) is 35.4 Å². The number of alkyl halides is 2. The van der Waals surface area contributed by atoms with Gasteiger partial charge in [0.15, 0.2) is 12.2 Å². The molecule has 7 nitrogen and oxygen atoms in total. The number of carbonyl (C=O) groups excluding carboxylic acids is 2. The lowest BCUT2D eigenvalue weighted by molar-refractivity contribution is -0.152. The average Bonchev–Trinajstić information content (AvgIpc) is 3.13. The maximum absolute atomic E-state index is 13.2. The van der Waals surface area contributed by atoms with Gasteiger partial charge in [-0.25, -0.2) is 8.78 Å². The van der Waals surface area contributed by atoms with Crippen LogP contribution in [0.15, 0.2) is 29.3 Å². The predicted molar refractivity (Wildman–Crippen MR) is 94.4 cm³/mol. The Labute approximate surface area is 155 Å². The maximum atomic E-state index is 13.2. The zero-order valence-corrected chi connectivity index (χ0v) is 14.9. The van der Waals surface area contributed by atoms with Gasteiger partial charge in [-0.15, -0.1) is 0 Å².